The molecule has 2 rings (SSSR count). The van der Waals surface area contributed by atoms with Gasteiger partial charge in [-0.3, -0.25) is 0 Å². The van der Waals surface area contributed by atoms with Gasteiger partial charge in [-0.15, -0.1) is 11.3 Å². The lowest BCUT2D eigenvalue weighted by Crippen LogP contribution is -2.09. The van der Waals surface area contributed by atoms with Gasteiger partial charge in [0.25, 0.3) is 0 Å². The number of carbonyl (C=O) groups excluding carboxylic acids is 1. The molecule has 112 valence electrons. The Morgan fingerprint density at radius 3 is 2.57 bits per heavy atom. The van der Waals surface area contributed by atoms with Crippen molar-refractivity contribution in [2.45, 2.75) is 26.9 Å². The van der Waals surface area contributed by atoms with Crippen LogP contribution in [-0.4, -0.2) is 24.2 Å². The Balaban J connectivity index is 2.34. The monoisotopic (exact) mass is 305 g/mol. The molecule has 5 heteroatoms. The first-order valence-electron chi connectivity index (χ1n) is 6.98. The smallest absolute Gasteiger partial charge is 0.358 e. The molecule has 2 aromatic rings. The van der Waals surface area contributed by atoms with Crippen molar-refractivity contribution in [2.75, 3.05) is 13.2 Å². The number of rotatable bonds is 6. The highest BCUT2D eigenvalue weighted by molar-refractivity contribution is 7.12. The fraction of sp³-hybridized carbons (Fsp3) is 0.375. The molecule has 0 saturated heterocycles. The van der Waals surface area contributed by atoms with E-state index in [4.69, 9.17) is 9.47 Å². The molecule has 0 aliphatic heterocycles. The third kappa shape index (κ3) is 3.68. The van der Waals surface area contributed by atoms with Gasteiger partial charge in [0.15, 0.2) is 5.69 Å². The maximum Gasteiger partial charge on any atom is 0.358 e. The van der Waals surface area contributed by atoms with Crippen LogP contribution in [0.15, 0.2) is 30.3 Å². The zero-order chi connectivity index (χ0) is 15.2. The molecule has 0 bridgehead atoms. The molecule has 4 nitrogen and oxygen atoms in total. The summed E-state index contributed by atoms with van der Waals surface area (Å²) >= 11 is 1.47. The highest BCUT2D eigenvalue weighted by Gasteiger charge is 2.23. The van der Waals surface area contributed by atoms with E-state index in [0.717, 1.165) is 15.4 Å². The molecule has 0 N–H and O–H groups in total. The number of carbonyl (C=O) groups is 1. The van der Waals surface area contributed by atoms with Gasteiger partial charge >= 0.3 is 5.97 Å². The van der Waals surface area contributed by atoms with Crippen molar-refractivity contribution in [3.8, 4) is 0 Å². The minimum Gasteiger partial charge on any atom is -0.461 e. The topological polar surface area (TPSA) is 48.4 Å². The van der Waals surface area contributed by atoms with E-state index in [1.54, 1.807) is 6.92 Å². The van der Waals surface area contributed by atoms with Gasteiger partial charge in [0, 0.05) is 11.5 Å². The molecule has 21 heavy (non-hydrogen) atoms. The summed E-state index contributed by atoms with van der Waals surface area (Å²) in [6.45, 7) is 6.53. The second kappa shape index (κ2) is 7.33. The number of aryl methyl sites for hydroxylation is 1. The number of nitrogens with zero attached hydrogens (tertiary/aromatic N) is 1. The SMILES string of the molecule is CCOC(=O)c1nc(C(OCC)c2ccccc2)sc1C. The Bertz CT molecular complexity index is 595. The van der Waals surface area contributed by atoms with Crippen LogP contribution in [0.5, 0.6) is 0 Å². The van der Waals surface area contributed by atoms with Gasteiger partial charge in [-0.2, -0.15) is 0 Å². The van der Waals surface area contributed by atoms with Gasteiger partial charge in [0.2, 0.25) is 0 Å². The first kappa shape index (κ1) is 15.7. The molecule has 0 aliphatic carbocycles. The van der Waals surface area contributed by atoms with E-state index in [0.29, 0.717) is 18.9 Å². The lowest BCUT2D eigenvalue weighted by Gasteiger charge is -2.14. The van der Waals surface area contributed by atoms with Crippen molar-refractivity contribution in [3.05, 3.63) is 51.5 Å². The van der Waals surface area contributed by atoms with Gasteiger partial charge in [-0.05, 0) is 26.3 Å². The number of hydrogen-bond acceptors (Lipinski definition) is 5. The summed E-state index contributed by atoms with van der Waals surface area (Å²) in [4.78, 5) is 17.2. The number of hydrogen-bond donors (Lipinski definition) is 0. The number of esters is 1. The van der Waals surface area contributed by atoms with Crippen LogP contribution in [0.25, 0.3) is 0 Å². The Kier molecular flexibility index (Phi) is 5.47. The summed E-state index contributed by atoms with van der Waals surface area (Å²) in [5, 5.41) is 0.781. The normalized spacial score (nSPS) is 12.1. The van der Waals surface area contributed by atoms with Crippen LogP contribution in [0.3, 0.4) is 0 Å². The van der Waals surface area contributed by atoms with Gasteiger partial charge < -0.3 is 9.47 Å². The Morgan fingerprint density at radius 1 is 1.24 bits per heavy atom. The molecule has 1 atom stereocenters. The maximum absolute atomic E-state index is 11.9. The highest BCUT2D eigenvalue weighted by atomic mass is 32.1. The number of aromatic nitrogens is 1. The van der Waals surface area contributed by atoms with Crippen LogP contribution >= 0.6 is 11.3 Å². The average molecular weight is 305 g/mol. The second-order valence-electron chi connectivity index (χ2n) is 4.42. The van der Waals surface area contributed by atoms with Crippen LogP contribution in [0, 0.1) is 6.92 Å². The predicted molar refractivity (Wildman–Crippen MR) is 82.7 cm³/mol. The van der Waals surface area contributed by atoms with Gasteiger partial charge in [0.05, 0.1) is 6.61 Å². The van der Waals surface area contributed by atoms with E-state index in [-0.39, 0.29) is 12.1 Å². The summed E-state index contributed by atoms with van der Waals surface area (Å²) in [6.07, 6.45) is -0.247. The first-order chi connectivity index (χ1) is 10.2. The van der Waals surface area contributed by atoms with E-state index in [9.17, 15) is 4.79 Å². The van der Waals surface area contributed by atoms with Crippen LogP contribution in [-0.2, 0) is 9.47 Å². The molecule has 0 radical (unpaired) electrons. The molecule has 1 heterocycles. The van der Waals surface area contributed by atoms with Gasteiger partial charge in [0.1, 0.15) is 11.1 Å². The van der Waals surface area contributed by atoms with E-state index >= 15 is 0 Å². The first-order valence-corrected chi connectivity index (χ1v) is 7.80. The molecule has 0 spiro atoms. The number of ether oxygens (including phenoxy) is 2. The average Bonchev–Trinajstić information content (AvgIpc) is 2.87. The summed E-state index contributed by atoms with van der Waals surface area (Å²) in [5.41, 5.74) is 1.42. The Morgan fingerprint density at radius 2 is 1.95 bits per heavy atom. The zero-order valence-corrected chi connectivity index (χ0v) is 13.3. The van der Waals surface area contributed by atoms with E-state index in [1.807, 2.05) is 44.2 Å². The second-order valence-corrected chi connectivity index (χ2v) is 5.66. The predicted octanol–water partition coefficient (Wildman–Crippen LogP) is 3.75. The summed E-state index contributed by atoms with van der Waals surface area (Å²) < 4.78 is 10.8. The molecular weight excluding hydrogens is 286 g/mol. The minimum atomic E-state index is -0.374. The van der Waals surface area contributed by atoms with Crippen molar-refractivity contribution in [3.63, 3.8) is 0 Å². The fourth-order valence-electron chi connectivity index (χ4n) is 2.02. The molecule has 1 unspecified atom stereocenters. The van der Waals surface area contributed by atoms with E-state index in [2.05, 4.69) is 4.98 Å². The molecule has 1 aromatic carbocycles. The van der Waals surface area contributed by atoms with E-state index < -0.39 is 0 Å². The summed E-state index contributed by atoms with van der Waals surface area (Å²) in [6, 6.07) is 9.90. The lowest BCUT2D eigenvalue weighted by atomic mass is 10.1. The molecule has 0 amide bonds. The molecule has 0 fully saturated rings. The molecule has 0 saturated carbocycles. The Hall–Kier alpha value is -1.72. The fourth-order valence-corrected chi connectivity index (χ4v) is 3.01. The van der Waals surface area contributed by atoms with Crippen molar-refractivity contribution in [2.24, 2.45) is 0 Å². The minimum absolute atomic E-state index is 0.247. The standard InChI is InChI=1S/C16H19NO3S/c1-4-19-14(12-9-7-6-8-10-12)15-17-13(11(3)21-15)16(18)20-5-2/h6-10,14H,4-5H2,1-3H3. The third-order valence-corrected chi connectivity index (χ3v) is 3.96. The Labute approximate surface area is 128 Å². The van der Waals surface area contributed by atoms with Crippen LogP contribution < -0.4 is 0 Å². The van der Waals surface area contributed by atoms with Crippen molar-refractivity contribution in [1.82, 2.24) is 4.98 Å². The summed E-state index contributed by atoms with van der Waals surface area (Å²) in [7, 11) is 0. The van der Waals surface area contributed by atoms with Crippen LogP contribution in [0.1, 0.15) is 45.9 Å². The largest absolute Gasteiger partial charge is 0.461 e. The number of thiazole rings is 1. The third-order valence-electron chi connectivity index (χ3n) is 2.94. The lowest BCUT2D eigenvalue weighted by molar-refractivity contribution is 0.0517. The van der Waals surface area contributed by atoms with Crippen molar-refractivity contribution >= 4 is 17.3 Å². The van der Waals surface area contributed by atoms with Gasteiger partial charge in [-0.1, -0.05) is 30.3 Å². The zero-order valence-electron chi connectivity index (χ0n) is 12.5. The van der Waals surface area contributed by atoms with Crippen molar-refractivity contribution < 1.29 is 14.3 Å². The van der Waals surface area contributed by atoms with E-state index in [1.165, 1.54) is 11.3 Å². The van der Waals surface area contributed by atoms with Crippen LogP contribution in [0.4, 0.5) is 0 Å². The highest BCUT2D eigenvalue weighted by Crippen LogP contribution is 2.31. The van der Waals surface area contributed by atoms with Crippen molar-refractivity contribution in [1.29, 1.82) is 0 Å². The molecular formula is C16H19NO3S. The van der Waals surface area contributed by atoms with Gasteiger partial charge in [-0.25, -0.2) is 9.78 Å². The summed E-state index contributed by atoms with van der Waals surface area (Å²) in [5.74, 6) is -0.374. The van der Waals surface area contributed by atoms with Crippen LogP contribution in [0.2, 0.25) is 0 Å². The number of benzene rings is 1. The quantitative estimate of drug-likeness (QED) is 0.763. The maximum atomic E-state index is 11.9. The molecule has 0 aliphatic rings. The molecule has 1 aromatic heterocycles.